The van der Waals surface area contributed by atoms with Gasteiger partial charge in [0.2, 0.25) is 0 Å². The van der Waals surface area contributed by atoms with E-state index in [0.29, 0.717) is 31.1 Å². The van der Waals surface area contributed by atoms with E-state index in [2.05, 4.69) is 15.6 Å². The minimum absolute atomic E-state index is 0.129. The summed E-state index contributed by atoms with van der Waals surface area (Å²) in [5.74, 6) is 0.552. The molecule has 1 unspecified atom stereocenters. The summed E-state index contributed by atoms with van der Waals surface area (Å²) in [7, 11) is 3.43. The van der Waals surface area contributed by atoms with Crippen molar-refractivity contribution in [2.45, 2.75) is 18.9 Å². The smallest absolute Gasteiger partial charge is 0.251 e. The molecule has 110 valence electrons. The average molecular weight is 279 g/mol. The van der Waals surface area contributed by atoms with Crippen LogP contribution in [0.4, 0.5) is 5.82 Å². The van der Waals surface area contributed by atoms with Crippen molar-refractivity contribution in [2.24, 2.45) is 0 Å². The second-order valence-corrected chi connectivity index (χ2v) is 5.00. The molecule has 1 aliphatic heterocycles. The Kier molecular flexibility index (Phi) is 4.57. The van der Waals surface area contributed by atoms with Crippen LogP contribution >= 0.6 is 0 Å². The minimum Gasteiger partial charge on any atom is -0.378 e. The maximum Gasteiger partial charge on any atom is 0.251 e. The fourth-order valence-corrected chi connectivity index (χ4v) is 2.23. The molecule has 1 fully saturated rings. The number of hydrogen-bond donors (Lipinski definition) is 2. The molecule has 1 aromatic heterocycles. The van der Waals surface area contributed by atoms with Crippen LogP contribution in [0.5, 0.6) is 0 Å². The van der Waals surface area contributed by atoms with E-state index in [9.17, 15) is 4.79 Å². The lowest BCUT2D eigenvalue weighted by molar-refractivity contribution is -0.0148. The Balaban J connectivity index is 2.03. The highest BCUT2D eigenvalue weighted by Gasteiger charge is 2.35. The summed E-state index contributed by atoms with van der Waals surface area (Å²) in [6, 6.07) is 3.49. The van der Waals surface area contributed by atoms with Gasteiger partial charge in [0.15, 0.2) is 0 Å². The molecule has 0 aliphatic carbocycles. The predicted octanol–water partition coefficient (Wildman–Crippen LogP) is 0.967. The summed E-state index contributed by atoms with van der Waals surface area (Å²) in [6.45, 7) is 3.49. The summed E-state index contributed by atoms with van der Waals surface area (Å²) in [5.41, 5.74) is 0.989. The Bertz CT molecular complexity index is 485. The van der Waals surface area contributed by atoms with Crippen LogP contribution in [-0.2, 0) is 9.47 Å². The maximum atomic E-state index is 12.2. The van der Waals surface area contributed by atoms with Gasteiger partial charge in [-0.3, -0.25) is 4.79 Å². The molecule has 1 aliphatic rings. The molecule has 0 bridgehead atoms. The number of hydrogen-bond acceptors (Lipinski definition) is 5. The van der Waals surface area contributed by atoms with Crippen LogP contribution in [0, 0.1) is 6.92 Å². The first-order valence-electron chi connectivity index (χ1n) is 6.66. The van der Waals surface area contributed by atoms with E-state index in [1.165, 1.54) is 0 Å². The van der Waals surface area contributed by atoms with Crippen LogP contribution in [0.3, 0.4) is 0 Å². The SMILES string of the molecule is CNc1cc(C(=O)NCC2(OC)CCOC2)cc(C)n1. The van der Waals surface area contributed by atoms with Crippen molar-refractivity contribution in [3.8, 4) is 0 Å². The van der Waals surface area contributed by atoms with E-state index in [4.69, 9.17) is 9.47 Å². The fraction of sp³-hybridized carbons (Fsp3) is 0.571. The number of pyridine rings is 1. The Morgan fingerprint density at radius 3 is 2.95 bits per heavy atom. The molecule has 0 spiro atoms. The lowest BCUT2D eigenvalue weighted by Crippen LogP contribution is -2.45. The maximum absolute atomic E-state index is 12.2. The Hall–Kier alpha value is -1.66. The van der Waals surface area contributed by atoms with Gasteiger partial charge in [-0.15, -0.1) is 0 Å². The summed E-state index contributed by atoms with van der Waals surface area (Å²) in [5, 5.41) is 5.85. The number of carbonyl (C=O) groups excluding carboxylic acids is 1. The van der Waals surface area contributed by atoms with Gasteiger partial charge >= 0.3 is 0 Å². The Morgan fingerprint density at radius 2 is 2.35 bits per heavy atom. The molecular weight excluding hydrogens is 258 g/mol. The van der Waals surface area contributed by atoms with Gasteiger partial charge in [0.25, 0.3) is 5.91 Å². The predicted molar refractivity (Wildman–Crippen MR) is 76.0 cm³/mol. The molecule has 2 rings (SSSR count). The first-order valence-corrected chi connectivity index (χ1v) is 6.66. The number of aromatic nitrogens is 1. The number of aryl methyl sites for hydroxylation is 1. The van der Waals surface area contributed by atoms with Gasteiger partial charge < -0.3 is 20.1 Å². The fourth-order valence-electron chi connectivity index (χ4n) is 2.23. The van der Waals surface area contributed by atoms with Crippen LogP contribution in [0.15, 0.2) is 12.1 Å². The normalized spacial score (nSPS) is 21.8. The molecular formula is C14H21N3O3. The van der Waals surface area contributed by atoms with E-state index in [1.807, 2.05) is 6.92 Å². The van der Waals surface area contributed by atoms with E-state index in [1.54, 1.807) is 26.3 Å². The van der Waals surface area contributed by atoms with Crippen molar-refractivity contribution in [1.82, 2.24) is 10.3 Å². The van der Waals surface area contributed by atoms with Gasteiger partial charge in [0, 0.05) is 45.0 Å². The quantitative estimate of drug-likeness (QED) is 0.840. The van der Waals surface area contributed by atoms with Crippen molar-refractivity contribution in [1.29, 1.82) is 0 Å². The molecule has 6 heteroatoms. The zero-order chi connectivity index (χ0) is 14.6. The second-order valence-electron chi connectivity index (χ2n) is 5.00. The number of nitrogens with zero attached hydrogens (tertiary/aromatic N) is 1. The standard InChI is InChI=1S/C14H21N3O3/c1-10-6-11(7-12(15-2)17-10)13(18)16-8-14(19-3)4-5-20-9-14/h6-7H,4-5,8-9H2,1-3H3,(H,15,17)(H,16,18). The molecule has 0 aromatic carbocycles. The van der Waals surface area contributed by atoms with Crippen molar-refractivity contribution < 1.29 is 14.3 Å². The van der Waals surface area contributed by atoms with Gasteiger partial charge in [-0.1, -0.05) is 0 Å². The highest BCUT2D eigenvalue weighted by molar-refractivity contribution is 5.95. The highest BCUT2D eigenvalue weighted by atomic mass is 16.5. The van der Waals surface area contributed by atoms with Gasteiger partial charge in [0.1, 0.15) is 11.4 Å². The zero-order valence-electron chi connectivity index (χ0n) is 12.2. The van der Waals surface area contributed by atoms with Crippen molar-refractivity contribution in [3.05, 3.63) is 23.4 Å². The number of ether oxygens (including phenoxy) is 2. The lowest BCUT2D eigenvalue weighted by Gasteiger charge is -2.25. The molecule has 1 atom stereocenters. The van der Waals surface area contributed by atoms with E-state index >= 15 is 0 Å². The lowest BCUT2D eigenvalue weighted by atomic mass is 10.0. The molecule has 0 saturated carbocycles. The third-order valence-corrected chi connectivity index (χ3v) is 3.54. The second kappa shape index (κ2) is 6.19. The zero-order valence-corrected chi connectivity index (χ0v) is 12.2. The van der Waals surface area contributed by atoms with E-state index < -0.39 is 5.60 Å². The number of carbonyl (C=O) groups is 1. The monoisotopic (exact) mass is 279 g/mol. The summed E-state index contributed by atoms with van der Waals surface area (Å²) >= 11 is 0. The number of nitrogens with one attached hydrogen (secondary N) is 2. The summed E-state index contributed by atoms with van der Waals surface area (Å²) in [4.78, 5) is 16.5. The minimum atomic E-state index is -0.399. The van der Waals surface area contributed by atoms with E-state index in [-0.39, 0.29) is 5.91 Å². The number of rotatable bonds is 5. The van der Waals surface area contributed by atoms with Crippen LogP contribution in [0.25, 0.3) is 0 Å². The molecule has 1 aromatic rings. The molecule has 0 radical (unpaired) electrons. The summed E-state index contributed by atoms with van der Waals surface area (Å²) < 4.78 is 10.8. The van der Waals surface area contributed by atoms with Crippen LogP contribution in [0.2, 0.25) is 0 Å². The topological polar surface area (TPSA) is 72.5 Å². The Labute approximate surface area is 118 Å². The van der Waals surface area contributed by atoms with Crippen LogP contribution in [0.1, 0.15) is 22.5 Å². The van der Waals surface area contributed by atoms with E-state index in [0.717, 1.165) is 12.1 Å². The first kappa shape index (κ1) is 14.7. The number of amides is 1. The molecule has 6 nitrogen and oxygen atoms in total. The van der Waals surface area contributed by atoms with Gasteiger partial charge in [-0.05, 0) is 19.1 Å². The van der Waals surface area contributed by atoms with Crippen molar-refractivity contribution in [3.63, 3.8) is 0 Å². The van der Waals surface area contributed by atoms with Crippen molar-refractivity contribution >= 4 is 11.7 Å². The highest BCUT2D eigenvalue weighted by Crippen LogP contribution is 2.21. The van der Waals surface area contributed by atoms with Gasteiger partial charge in [-0.2, -0.15) is 0 Å². The third-order valence-electron chi connectivity index (χ3n) is 3.54. The van der Waals surface area contributed by atoms with Crippen LogP contribution < -0.4 is 10.6 Å². The van der Waals surface area contributed by atoms with Gasteiger partial charge in [-0.25, -0.2) is 4.98 Å². The van der Waals surface area contributed by atoms with Gasteiger partial charge in [0.05, 0.1) is 6.61 Å². The van der Waals surface area contributed by atoms with Crippen molar-refractivity contribution in [2.75, 3.05) is 39.2 Å². The largest absolute Gasteiger partial charge is 0.378 e. The summed E-state index contributed by atoms with van der Waals surface area (Å²) in [6.07, 6.45) is 0.793. The molecule has 2 heterocycles. The number of methoxy groups -OCH3 is 1. The first-order chi connectivity index (χ1) is 9.58. The third kappa shape index (κ3) is 3.26. The molecule has 1 amide bonds. The Morgan fingerprint density at radius 1 is 1.55 bits per heavy atom. The van der Waals surface area contributed by atoms with Crippen LogP contribution in [-0.4, -0.2) is 50.4 Å². The molecule has 1 saturated heterocycles. The molecule has 2 N–H and O–H groups in total. The number of anilines is 1. The average Bonchev–Trinajstić information content (AvgIpc) is 2.93. The molecule has 20 heavy (non-hydrogen) atoms.